The summed E-state index contributed by atoms with van der Waals surface area (Å²) in [5, 5.41) is 4.45. The molecule has 0 saturated carbocycles. The minimum absolute atomic E-state index is 0.160. The Labute approximate surface area is 154 Å². The van der Waals surface area contributed by atoms with Crippen LogP contribution in [0.3, 0.4) is 0 Å². The zero-order chi connectivity index (χ0) is 19.9. The fourth-order valence-corrected chi connectivity index (χ4v) is 2.21. The zero-order valence-corrected chi connectivity index (χ0v) is 14.6. The van der Waals surface area contributed by atoms with Crippen LogP contribution in [0, 0.1) is 6.92 Å². The van der Waals surface area contributed by atoms with Gasteiger partial charge in [0, 0.05) is 5.69 Å². The van der Waals surface area contributed by atoms with Gasteiger partial charge in [-0.1, -0.05) is 30.3 Å². The molecule has 0 spiro atoms. The van der Waals surface area contributed by atoms with Crippen molar-refractivity contribution >= 4 is 17.5 Å². The fourth-order valence-electron chi connectivity index (χ4n) is 2.21. The quantitative estimate of drug-likeness (QED) is 0.775. The predicted octanol–water partition coefficient (Wildman–Crippen LogP) is 3.23. The van der Waals surface area contributed by atoms with Crippen molar-refractivity contribution in [3.63, 3.8) is 0 Å². The number of hydrogen-bond acceptors (Lipinski definition) is 3. The molecule has 0 radical (unpaired) electrons. The highest BCUT2D eigenvalue weighted by molar-refractivity contribution is 5.92. The summed E-state index contributed by atoms with van der Waals surface area (Å²) in [6.45, 7) is 0.351. The third kappa shape index (κ3) is 7.39. The van der Waals surface area contributed by atoms with Crippen LogP contribution in [0.5, 0.6) is 5.75 Å². The number of para-hydroxylation sites is 1. The van der Waals surface area contributed by atoms with E-state index in [0.717, 1.165) is 5.56 Å². The molecule has 0 aliphatic heterocycles. The molecule has 2 N–H and O–H groups in total. The lowest BCUT2D eigenvalue weighted by Gasteiger charge is -2.10. The zero-order valence-electron chi connectivity index (χ0n) is 14.6. The van der Waals surface area contributed by atoms with Crippen LogP contribution in [0.1, 0.15) is 11.1 Å². The van der Waals surface area contributed by atoms with Gasteiger partial charge in [-0.15, -0.1) is 0 Å². The number of amides is 2. The number of benzene rings is 2. The summed E-state index contributed by atoms with van der Waals surface area (Å²) in [5.74, 6) is -0.461. The SMILES string of the molecule is Cc1ccccc1OCC(=O)Nc1ccc(CC(=O)NCC(F)(F)F)cc1. The molecular weight excluding hydrogens is 361 g/mol. The van der Waals surface area contributed by atoms with Gasteiger partial charge in [0.05, 0.1) is 6.42 Å². The molecule has 2 amide bonds. The van der Waals surface area contributed by atoms with E-state index in [1.54, 1.807) is 35.6 Å². The molecule has 0 bridgehead atoms. The van der Waals surface area contributed by atoms with E-state index in [9.17, 15) is 22.8 Å². The van der Waals surface area contributed by atoms with Gasteiger partial charge in [-0.05, 0) is 36.2 Å². The Morgan fingerprint density at radius 1 is 1.00 bits per heavy atom. The van der Waals surface area contributed by atoms with Gasteiger partial charge in [0.25, 0.3) is 5.91 Å². The number of nitrogens with one attached hydrogen (secondary N) is 2. The van der Waals surface area contributed by atoms with Gasteiger partial charge in [-0.3, -0.25) is 9.59 Å². The summed E-state index contributed by atoms with van der Waals surface area (Å²) in [5.41, 5.74) is 1.94. The second-order valence-corrected chi connectivity index (χ2v) is 5.87. The minimum Gasteiger partial charge on any atom is -0.483 e. The first-order chi connectivity index (χ1) is 12.7. The third-order valence-electron chi connectivity index (χ3n) is 3.54. The highest BCUT2D eigenvalue weighted by atomic mass is 19.4. The number of anilines is 1. The normalized spacial score (nSPS) is 11.0. The van der Waals surface area contributed by atoms with Crippen molar-refractivity contribution in [1.29, 1.82) is 0 Å². The Bertz CT molecular complexity index is 790. The van der Waals surface area contributed by atoms with Crippen molar-refractivity contribution in [2.45, 2.75) is 19.5 Å². The maximum Gasteiger partial charge on any atom is 0.405 e. The summed E-state index contributed by atoms with van der Waals surface area (Å²) in [6.07, 6.45) is -4.62. The van der Waals surface area contributed by atoms with E-state index < -0.39 is 18.6 Å². The molecule has 5 nitrogen and oxygen atoms in total. The molecule has 144 valence electrons. The van der Waals surface area contributed by atoms with Crippen molar-refractivity contribution in [1.82, 2.24) is 5.32 Å². The number of alkyl halides is 3. The molecule has 2 aromatic rings. The van der Waals surface area contributed by atoms with E-state index in [-0.39, 0.29) is 18.9 Å². The number of halogens is 3. The molecule has 0 atom stereocenters. The molecular formula is C19H19F3N2O3. The van der Waals surface area contributed by atoms with Crippen molar-refractivity contribution in [2.24, 2.45) is 0 Å². The lowest BCUT2D eigenvalue weighted by Crippen LogP contribution is -2.34. The number of ether oxygens (including phenoxy) is 1. The average Bonchev–Trinajstić information content (AvgIpc) is 2.60. The van der Waals surface area contributed by atoms with Gasteiger partial charge < -0.3 is 15.4 Å². The van der Waals surface area contributed by atoms with Gasteiger partial charge in [-0.25, -0.2) is 0 Å². The molecule has 0 heterocycles. The van der Waals surface area contributed by atoms with E-state index in [2.05, 4.69) is 5.32 Å². The van der Waals surface area contributed by atoms with Gasteiger partial charge in [-0.2, -0.15) is 13.2 Å². The van der Waals surface area contributed by atoms with Crippen LogP contribution >= 0.6 is 0 Å². The van der Waals surface area contributed by atoms with Crippen LogP contribution in [0.25, 0.3) is 0 Å². The van der Waals surface area contributed by atoms with Crippen molar-refractivity contribution < 1.29 is 27.5 Å². The Morgan fingerprint density at radius 2 is 1.67 bits per heavy atom. The summed E-state index contributed by atoms with van der Waals surface area (Å²) in [7, 11) is 0. The summed E-state index contributed by atoms with van der Waals surface area (Å²) in [4.78, 5) is 23.4. The maximum absolute atomic E-state index is 12.1. The molecule has 0 aliphatic rings. The third-order valence-corrected chi connectivity index (χ3v) is 3.54. The number of hydrogen-bond donors (Lipinski definition) is 2. The Balaban J connectivity index is 1.80. The second-order valence-electron chi connectivity index (χ2n) is 5.87. The van der Waals surface area contributed by atoms with Crippen LogP contribution in [0.15, 0.2) is 48.5 Å². The molecule has 2 aromatic carbocycles. The van der Waals surface area contributed by atoms with E-state index in [1.165, 1.54) is 0 Å². The van der Waals surface area contributed by atoms with E-state index in [1.807, 2.05) is 25.1 Å². The first-order valence-corrected chi connectivity index (χ1v) is 8.13. The maximum atomic E-state index is 12.1. The molecule has 27 heavy (non-hydrogen) atoms. The number of rotatable bonds is 7. The molecule has 0 aromatic heterocycles. The fraction of sp³-hybridized carbons (Fsp3) is 0.263. The monoisotopic (exact) mass is 380 g/mol. The van der Waals surface area contributed by atoms with Crippen LogP contribution in [0.4, 0.5) is 18.9 Å². The highest BCUT2D eigenvalue weighted by Crippen LogP contribution is 2.16. The van der Waals surface area contributed by atoms with Gasteiger partial charge in [0.2, 0.25) is 5.91 Å². The van der Waals surface area contributed by atoms with Gasteiger partial charge >= 0.3 is 6.18 Å². The van der Waals surface area contributed by atoms with Crippen molar-refractivity contribution in [3.8, 4) is 5.75 Å². The number of carbonyl (C=O) groups excluding carboxylic acids is 2. The van der Waals surface area contributed by atoms with Crippen molar-refractivity contribution in [3.05, 3.63) is 59.7 Å². The first-order valence-electron chi connectivity index (χ1n) is 8.13. The average molecular weight is 380 g/mol. The van der Waals surface area contributed by atoms with Crippen LogP contribution in [0.2, 0.25) is 0 Å². The summed E-state index contributed by atoms with van der Waals surface area (Å²) in [6, 6.07) is 13.6. The molecule has 8 heteroatoms. The van der Waals surface area contributed by atoms with E-state index >= 15 is 0 Å². The van der Waals surface area contributed by atoms with Gasteiger partial charge in [0.15, 0.2) is 6.61 Å². The van der Waals surface area contributed by atoms with Crippen LogP contribution in [-0.4, -0.2) is 31.1 Å². The molecule has 0 aliphatic carbocycles. The van der Waals surface area contributed by atoms with Gasteiger partial charge in [0.1, 0.15) is 12.3 Å². The lowest BCUT2D eigenvalue weighted by atomic mass is 10.1. The van der Waals surface area contributed by atoms with E-state index in [0.29, 0.717) is 17.0 Å². The topological polar surface area (TPSA) is 67.4 Å². The van der Waals surface area contributed by atoms with Crippen LogP contribution < -0.4 is 15.4 Å². The van der Waals surface area contributed by atoms with E-state index in [4.69, 9.17) is 4.74 Å². The standard InChI is InChI=1S/C19H19F3N2O3/c1-13-4-2-3-5-16(13)27-11-18(26)24-15-8-6-14(7-9-15)10-17(25)23-12-19(20,21)22/h2-9H,10-12H2,1H3,(H,23,25)(H,24,26). The Kier molecular flexibility index (Phi) is 6.81. The largest absolute Gasteiger partial charge is 0.483 e. The predicted molar refractivity (Wildman–Crippen MR) is 94.5 cm³/mol. The minimum atomic E-state index is -4.44. The second kappa shape index (κ2) is 9.07. The Hall–Kier alpha value is -3.03. The summed E-state index contributed by atoms with van der Waals surface area (Å²) < 4.78 is 41.6. The molecule has 0 saturated heterocycles. The van der Waals surface area contributed by atoms with Crippen LogP contribution in [-0.2, 0) is 16.0 Å². The van der Waals surface area contributed by atoms with Crippen molar-refractivity contribution in [2.75, 3.05) is 18.5 Å². The lowest BCUT2D eigenvalue weighted by molar-refractivity contribution is -0.138. The summed E-state index contributed by atoms with van der Waals surface area (Å²) >= 11 is 0. The molecule has 2 rings (SSSR count). The molecule has 0 fully saturated rings. The number of carbonyl (C=O) groups is 2. The Morgan fingerprint density at radius 3 is 2.30 bits per heavy atom. The first kappa shape index (κ1) is 20.3. The number of aryl methyl sites for hydroxylation is 1. The smallest absolute Gasteiger partial charge is 0.405 e. The highest BCUT2D eigenvalue weighted by Gasteiger charge is 2.27. The molecule has 0 unspecified atom stereocenters.